The molecule has 106 valence electrons. The topological polar surface area (TPSA) is 49.6 Å². The van der Waals surface area contributed by atoms with Gasteiger partial charge in [0.25, 0.3) is 0 Å². The molecule has 0 saturated carbocycles. The van der Waals surface area contributed by atoms with Crippen LogP contribution in [0.25, 0.3) is 0 Å². The molecule has 0 aliphatic heterocycles. The van der Waals surface area contributed by atoms with Gasteiger partial charge in [-0.05, 0) is 24.6 Å². The van der Waals surface area contributed by atoms with Crippen LogP contribution < -0.4 is 10.6 Å². The van der Waals surface area contributed by atoms with E-state index in [0.29, 0.717) is 6.54 Å². The summed E-state index contributed by atoms with van der Waals surface area (Å²) in [5, 5.41) is 6.55. The second-order valence-corrected chi connectivity index (χ2v) is 4.44. The zero-order valence-electron chi connectivity index (χ0n) is 11.8. The third kappa shape index (κ3) is 4.80. The van der Waals surface area contributed by atoms with Crippen LogP contribution in [-0.4, -0.2) is 19.0 Å². The van der Waals surface area contributed by atoms with E-state index in [1.807, 2.05) is 30.3 Å². The Morgan fingerprint density at radius 3 is 2.65 bits per heavy atom. The number of nitrogens with zero attached hydrogens (tertiary/aromatic N) is 1. The van der Waals surface area contributed by atoms with Crippen LogP contribution in [0.2, 0.25) is 0 Å². The van der Waals surface area contributed by atoms with Gasteiger partial charge >= 0.3 is 0 Å². The van der Waals surface area contributed by atoms with E-state index in [-0.39, 0.29) is 0 Å². The van der Waals surface area contributed by atoms with E-state index >= 15 is 0 Å². The lowest BCUT2D eigenvalue weighted by atomic mass is 10.2. The van der Waals surface area contributed by atoms with Crippen LogP contribution in [0.1, 0.15) is 18.2 Å². The number of nitrogens with one attached hydrogen (secondary N) is 2. The summed E-state index contributed by atoms with van der Waals surface area (Å²) < 4.78 is 5.30. The van der Waals surface area contributed by atoms with Crippen molar-refractivity contribution in [2.24, 2.45) is 4.99 Å². The van der Waals surface area contributed by atoms with Crippen molar-refractivity contribution in [2.75, 3.05) is 13.1 Å². The van der Waals surface area contributed by atoms with Crippen LogP contribution in [0.4, 0.5) is 0 Å². The molecule has 0 amide bonds. The summed E-state index contributed by atoms with van der Waals surface area (Å²) in [5.41, 5.74) is 1.20. The molecule has 1 heterocycles. The summed E-state index contributed by atoms with van der Waals surface area (Å²) in [7, 11) is 0. The van der Waals surface area contributed by atoms with E-state index in [1.54, 1.807) is 6.26 Å². The van der Waals surface area contributed by atoms with E-state index in [0.717, 1.165) is 31.2 Å². The molecule has 0 unspecified atom stereocenters. The lowest BCUT2D eigenvalue weighted by Gasteiger charge is -2.10. The summed E-state index contributed by atoms with van der Waals surface area (Å²) in [6, 6.07) is 14.1. The van der Waals surface area contributed by atoms with E-state index in [2.05, 4.69) is 34.7 Å². The third-order valence-electron chi connectivity index (χ3n) is 2.85. The fraction of sp³-hybridized carbons (Fsp3) is 0.312. The first-order valence-electron chi connectivity index (χ1n) is 6.97. The van der Waals surface area contributed by atoms with Crippen LogP contribution in [0.3, 0.4) is 0 Å². The number of hydrogen-bond donors (Lipinski definition) is 2. The SMILES string of the molecule is CCNC(=NCc1ccccc1)NCCc1ccco1. The number of hydrogen-bond acceptors (Lipinski definition) is 2. The Balaban J connectivity index is 1.82. The van der Waals surface area contributed by atoms with Crippen LogP contribution in [0.15, 0.2) is 58.1 Å². The molecule has 2 rings (SSSR count). The predicted octanol–water partition coefficient (Wildman–Crippen LogP) is 2.58. The van der Waals surface area contributed by atoms with Crippen LogP contribution >= 0.6 is 0 Å². The Bertz CT molecular complexity index is 506. The molecule has 0 spiro atoms. The molecule has 0 fully saturated rings. The second-order valence-electron chi connectivity index (χ2n) is 4.44. The maximum Gasteiger partial charge on any atom is 0.191 e. The quantitative estimate of drug-likeness (QED) is 0.627. The standard InChI is InChI=1S/C16H21N3O/c1-2-17-16(18-11-10-15-9-6-12-20-15)19-13-14-7-4-3-5-8-14/h3-9,12H,2,10-11,13H2,1H3,(H2,17,18,19). The molecule has 4 heteroatoms. The second kappa shape index (κ2) is 8.04. The first-order chi connectivity index (χ1) is 9.88. The normalized spacial score (nSPS) is 11.3. The Morgan fingerprint density at radius 1 is 1.10 bits per heavy atom. The zero-order chi connectivity index (χ0) is 14.0. The molecule has 0 saturated heterocycles. The number of benzene rings is 1. The summed E-state index contributed by atoms with van der Waals surface area (Å²) >= 11 is 0. The molecule has 20 heavy (non-hydrogen) atoms. The van der Waals surface area contributed by atoms with Crippen LogP contribution in [-0.2, 0) is 13.0 Å². The maximum atomic E-state index is 5.30. The van der Waals surface area contributed by atoms with Gasteiger partial charge in [-0.15, -0.1) is 0 Å². The van der Waals surface area contributed by atoms with E-state index in [9.17, 15) is 0 Å². The van der Waals surface area contributed by atoms with Gasteiger partial charge in [-0.1, -0.05) is 30.3 Å². The number of aliphatic imine (C=N–C) groups is 1. The Morgan fingerprint density at radius 2 is 1.95 bits per heavy atom. The molecular weight excluding hydrogens is 250 g/mol. The van der Waals surface area contributed by atoms with Gasteiger partial charge in [0, 0.05) is 19.5 Å². The highest BCUT2D eigenvalue weighted by Crippen LogP contribution is 2.01. The summed E-state index contributed by atoms with van der Waals surface area (Å²) in [5.74, 6) is 1.82. The molecule has 2 N–H and O–H groups in total. The summed E-state index contributed by atoms with van der Waals surface area (Å²) in [6.45, 7) is 4.39. The van der Waals surface area contributed by atoms with Crippen molar-refractivity contribution in [3.63, 3.8) is 0 Å². The van der Waals surface area contributed by atoms with Crippen LogP contribution in [0, 0.1) is 0 Å². The van der Waals surface area contributed by atoms with E-state index < -0.39 is 0 Å². The lowest BCUT2D eigenvalue weighted by Crippen LogP contribution is -2.38. The summed E-state index contributed by atoms with van der Waals surface area (Å²) in [4.78, 5) is 4.57. The minimum Gasteiger partial charge on any atom is -0.469 e. The maximum absolute atomic E-state index is 5.30. The minimum atomic E-state index is 0.678. The van der Waals surface area contributed by atoms with Crippen molar-refractivity contribution >= 4 is 5.96 Å². The van der Waals surface area contributed by atoms with Gasteiger partial charge in [-0.3, -0.25) is 0 Å². The average Bonchev–Trinajstić information content (AvgIpc) is 2.99. The van der Waals surface area contributed by atoms with Crippen molar-refractivity contribution in [1.29, 1.82) is 0 Å². The van der Waals surface area contributed by atoms with Crippen molar-refractivity contribution in [3.8, 4) is 0 Å². The van der Waals surface area contributed by atoms with Crippen molar-refractivity contribution in [1.82, 2.24) is 10.6 Å². The molecule has 1 aromatic carbocycles. The van der Waals surface area contributed by atoms with Crippen molar-refractivity contribution in [3.05, 3.63) is 60.1 Å². The van der Waals surface area contributed by atoms with Gasteiger partial charge in [-0.25, -0.2) is 4.99 Å². The van der Waals surface area contributed by atoms with Gasteiger partial charge in [0.1, 0.15) is 5.76 Å². The summed E-state index contributed by atoms with van der Waals surface area (Å²) in [6.07, 6.45) is 2.55. The smallest absolute Gasteiger partial charge is 0.191 e. The molecule has 0 aliphatic carbocycles. The molecular formula is C16H21N3O. The zero-order valence-corrected chi connectivity index (χ0v) is 11.8. The molecule has 1 aromatic heterocycles. The lowest BCUT2D eigenvalue weighted by molar-refractivity contribution is 0.507. The highest BCUT2D eigenvalue weighted by atomic mass is 16.3. The minimum absolute atomic E-state index is 0.678. The third-order valence-corrected chi connectivity index (χ3v) is 2.85. The Labute approximate surface area is 119 Å². The molecule has 0 atom stereocenters. The van der Waals surface area contributed by atoms with Gasteiger partial charge < -0.3 is 15.1 Å². The van der Waals surface area contributed by atoms with Crippen LogP contribution in [0.5, 0.6) is 0 Å². The Hall–Kier alpha value is -2.23. The monoisotopic (exact) mass is 271 g/mol. The fourth-order valence-electron chi connectivity index (χ4n) is 1.85. The van der Waals surface area contributed by atoms with Gasteiger partial charge in [-0.2, -0.15) is 0 Å². The Kier molecular flexibility index (Phi) is 5.71. The first kappa shape index (κ1) is 14.2. The molecule has 2 aromatic rings. The number of guanidine groups is 1. The highest BCUT2D eigenvalue weighted by Gasteiger charge is 1.99. The fourth-order valence-corrected chi connectivity index (χ4v) is 1.85. The van der Waals surface area contributed by atoms with E-state index in [4.69, 9.17) is 4.42 Å². The number of rotatable bonds is 6. The van der Waals surface area contributed by atoms with E-state index in [1.165, 1.54) is 5.56 Å². The first-order valence-corrected chi connectivity index (χ1v) is 6.97. The molecule has 4 nitrogen and oxygen atoms in total. The highest BCUT2D eigenvalue weighted by molar-refractivity contribution is 5.79. The number of furan rings is 1. The van der Waals surface area contributed by atoms with Gasteiger partial charge in [0.2, 0.25) is 0 Å². The largest absolute Gasteiger partial charge is 0.469 e. The van der Waals surface area contributed by atoms with Crippen molar-refractivity contribution < 1.29 is 4.42 Å². The predicted molar refractivity (Wildman–Crippen MR) is 81.7 cm³/mol. The molecule has 0 aliphatic rings. The van der Waals surface area contributed by atoms with Gasteiger partial charge in [0.15, 0.2) is 5.96 Å². The molecule has 0 bridgehead atoms. The average molecular weight is 271 g/mol. The van der Waals surface area contributed by atoms with Crippen molar-refractivity contribution in [2.45, 2.75) is 19.9 Å². The molecule has 0 radical (unpaired) electrons. The van der Waals surface area contributed by atoms with Gasteiger partial charge in [0.05, 0.1) is 12.8 Å².